The topological polar surface area (TPSA) is 71.1 Å². The lowest BCUT2D eigenvalue weighted by Gasteiger charge is -2.06. The largest absolute Gasteiger partial charge is 0.497 e. The Balaban J connectivity index is 1.83. The molecule has 0 heterocycles. The van der Waals surface area contributed by atoms with Crippen molar-refractivity contribution in [3.8, 4) is 17.2 Å². The fourth-order valence-corrected chi connectivity index (χ4v) is 1.85. The van der Waals surface area contributed by atoms with Gasteiger partial charge >= 0.3 is 11.9 Å². The highest BCUT2D eigenvalue weighted by atomic mass is 16.7. The van der Waals surface area contributed by atoms with Gasteiger partial charge in [0.1, 0.15) is 17.2 Å². The molecule has 0 bridgehead atoms. The average molecular weight is 354 g/mol. The van der Waals surface area contributed by atoms with Gasteiger partial charge in [0, 0.05) is 12.2 Å². The molecular formula is C20H18O6. The minimum Gasteiger partial charge on any atom is -0.497 e. The third kappa shape index (κ3) is 6.16. The first-order chi connectivity index (χ1) is 12.6. The van der Waals surface area contributed by atoms with E-state index >= 15 is 0 Å². The van der Waals surface area contributed by atoms with Crippen LogP contribution in [0.25, 0.3) is 6.08 Å². The number of esters is 2. The molecule has 6 nitrogen and oxygen atoms in total. The zero-order valence-corrected chi connectivity index (χ0v) is 14.2. The van der Waals surface area contributed by atoms with Crippen LogP contribution in [0.1, 0.15) is 5.56 Å². The van der Waals surface area contributed by atoms with Crippen molar-refractivity contribution in [3.05, 3.63) is 72.8 Å². The lowest BCUT2D eigenvalue weighted by Crippen LogP contribution is -2.07. The Hall–Kier alpha value is -3.54. The molecule has 2 aromatic rings. The van der Waals surface area contributed by atoms with E-state index in [2.05, 4.69) is 6.58 Å². The molecule has 0 N–H and O–H groups in total. The number of carbonyl (C=O) groups is 2. The van der Waals surface area contributed by atoms with Crippen LogP contribution in [0, 0.1) is 0 Å². The van der Waals surface area contributed by atoms with E-state index in [0.717, 1.165) is 11.6 Å². The second-order valence-corrected chi connectivity index (χ2v) is 4.93. The molecule has 0 atom stereocenters. The normalized spacial score (nSPS) is 10.2. The Bertz CT molecular complexity index is 775. The van der Waals surface area contributed by atoms with Gasteiger partial charge in [-0.25, -0.2) is 9.59 Å². The van der Waals surface area contributed by atoms with Gasteiger partial charge in [-0.15, -0.1) is 0 Å². The number of methoxy groups -OCH3 is 1. The standard InChI is InChI=1S/C20H18O6/c1-3-19(21)25-14-24-17-7-4-15(5-8-17)6-13-20(22)26-18-11-9-16(23-2)10-12-18/h3-13H,1,14H2,2H3. The third-order valence-corrected chi connectivity index (χ3v) is 3.16. The summed E-state index contributed by atoms with van der Waals surface area (Å²) in [5, 5.41) is 0. The number of hydrogen-bond donors (Lipinski definition) is 0. The predicted molar refractivity (Wildman–Crippen MR) is 95.9 cm³/mol. The second-order valence-electron chi connectivity index (χ2n) is 4.93. The summed E-state index contributed by atoms with van der Waals surface area (Å²) in [4.78, 5) is 22.7. The molecule has 0 aliphatic carbocycles. The minimum absolute atomic E-state index is 0.200. The van der Waals surface area contributed by atoms with Gasteiger partial charge in [0.2, 0.25) is 6.79 Å². The van der Waals surface area contributed by atoms with E-state index < -0.39 is 11.9 Å². The molecule has 0 spiro atoms. The smallest absolute Gasteiger partial charge is 0.336 e. The van der Waals surface area contributed by atoms with Crippen molar-refractivity contribution in [2.24, 2.45) is 0 Å². The first-order valence-corrected chi connectivity index (χ1v) is 7.66. The van der Waals surface area contributed by atoms with Crippen LogP contribution >= 0.6 is 0 Å². The second kappa shape index (κ2) is 9.68. The maximum absolute atomic E-state index is 11.8. The van der Waals surface area contributed by atoms with Gasteiger partial charge in [-0.2, -0.15) is 0 Å². The molecular weight excluding hydrogens is 336 g/mol. The quantitative estimate of drug-likeness (QED) is 0.313. The fourth-order valence-electron chi connectivity index (χ4n) is 1.85. The molecule has 0 fully saturated rings. The van der Waals surface area contributed by atoms with Crippen LogP contribution < -0.4 is 14.2 Å². The predicted octanol–water partition coefficient (Wildman–Crippen LogP) is 3.38. The molecule has 0 aromatic heterocycles. The monoisotopic (exact) mass is 354 g/mol. The first-order valence-electron chi connectivity index (χ1n) is 7.66. The molecule has 0 amide bonds. The molecule has 134 valence electrons. The molecule has 0 saturated heterocycles. The van der Waals surface area contributed by atoms with Crippen LogP contribution in [0.15, 0.2) is 67.3 Å². The van der Waals surface area contributed by atoms with Gasteiger partial charge in [-0.05, 0) is 48.0 Å². The number of ether oxygens (including phenoxy) is 4. The number of carbonyl (C=O) groups excluding carboxylic acids is 2. The van der Waals surface area contributed by atoms with Crippen molar-refractivity contribution in [1.29, 1.82) is 0 Å². The Morgan fingerprint density at radius 1 is 0.923 bits per heavy atom. The van der Waals surface area contributed by atoms with Crippen LogP contribution in [0.2, 0.25) is 0 Å². The summed E-state index contributed by atoms with van der Waals surface area (Å²) in [5.41, 5.74) is 0.784. The zero-order chi connectivity index (χ0) is 18.8. The van der Waals surface area contributed by atoms with Gasteiger partial charge < -0.3 is 18.9 Å². The first kappa shape index (κ1) is 18.8. The SMILES string of the molecule is C=CC(=O)OCOc1ccc(C=CC(=O)Oc2ccc(OC)cc2)cc1. The van der Waals surface area contributed by atoms with Crippen molar-refractivity contribution in [3.63, 3.8) is 0 Å². The van der Waals surface area contributed by atoms with E-state index in [-0.39, 0.29) is 6.79 Å². The van der Waals surface area contributed by atoms with E-state index in [0.29, 0.717) is 17.2 Å². The Morgan fingerprint density at radius 3 is 2.15 bits per heavy atom. The summed E-state index contributed by atoms with van der Waals surface area (Å²) in [6.07, 6.45) is 4.00. The molecule has 2 aromatic carbocycles. The van der Waals surface area contributed by atoms with Gasteiger partial charge in [0.05, 0.1) is 7.11 Å². The van der Waals surface area contributed by atoms with Crippen LogP contribution in [-0.2, 0) is 14.3 Å². The average Bonchev–Trinajstić information content (AvgIpc) is 2.67. The third-order valence-electron chi connectivity index (χ3n) is 3.16. The van der Waals surface area contributed by atoms with Crippen molar-refractivity contribution < 1.29 is 28.5 Å². The van der Waals surface area contributed by atoms with Gasteiger partial charge in [0.25, 0.3) is 0 Å². The molecule has 26 heavy (non-hydrogen) atoms. The highest BCUT2D eigenvalue weighted by Crippen LogP contribution is 2.17. The lowest BCUT2D eigenvalue weighted by atomic mass is 10.2. The number of rotatable bonds is 8. The van der Waals surface area contributed by atoms with Crippen LogP contribution in [-0.4, -0.2) is 25.8 Å². The fraction of sp³-hybridized carbons (Fsp3) is 0.100. The van der Waals surface area contributed by atoms with E-state index in [9.17, 15) is 9.59 Å². The summed E-state index contributed by atoms with van der Waals surface area (Å²) < 4.78 is 20.2. The Kier molecular flexibility index (Phi) is 7.00. The Labute approximate surface area is 151 Å². The Morgan fingerprint density at radius 2 is 1.54 bits per heavy atom. The van der Waals surface area contributed by atoms with Crippen molar-refractivity contribution >= 4 is 18.0 Å². The van der Waals surface area contributed by atoms with E-state index in [1.165, 1.54) is 6.08 Å². The van der Waals surface area contributed by atoms with Crippen LogP contribution in [0.4, 0.5) is 0 Å². The maximum Gasteiger partial charge on any atom is 0.336 e. The maximum atomic E-state index is 11.8. The van der Waals surface area contributed by atoms with E-state index in [1.54, 1.807) is 61.7 Å². The molecule has 6 heteroatoms. The molecule has 0 aliphatic rings. The molecule has 2 rings (SSSR count). The summed E-state index contributed by atoms with van der Waals surface area (Å²) in [5.74, 6) is 0.590. The summed E-state index contributed by atoms with van der Waals surface area (Å²) >= 11 is 0. The number of benzene rings is 2. The highest BCUT2D eigenvalue weighted by Gasteiger charge is 2.01. The van der Waals surface area contributed by atoms with E-state index in [1.807, 2.05) is 0 Å². The summed E-state index contributed by atoms with van der Waals surface area (Å²) in [6.45, 7) is 3.09. The molecule has 0 radical (unpaired) electrons. The van der Waals surface area contributed by atoms with E-state index in [4.69, 9.17) is 18.9 Å². The van der Waals surface area contributed by atoms with Gasteiger partial charge in [-0.1, -0.05) is 18.7 Å². The molecule has 0 unspecified atom stereocenters. The molecule has 0 saturated carbocycles. The van der Waals surface area contributed by atoms with Crippen molar-refractivity contribution in [1.82, 2.24) is 0 Å². The summed E-state index contributed by atoms with van der Waals surface area (Å²) in [7, 11) is 1.56. The van der Waals surface area contributed by atoms with Gasteiger partial charge in [-0.3, -0.25) is 0 Å². The van der Waals surface area contributed by atoms with Crippen LogP contribution in [0.3, 0.4) is 0 Å². The lowest BCUT2D eigenvalue weighted by molar-refractivity contribution is -0.144. The minimum atomic E-state index is -0.556. The van der Waals surface area contributed by atoms with Crippen molar-refractivity contribution in [2.45, 2.75) is 0 Å². The number of hydrogen-bond acceptors (Lipinski definition) is 6. The summed E-state index contributed by atoms with van der Waals surface area (Å²) in [6, 6.07) is 13.6. The van der Waals surface area contributed by atoms with Crippen LogP contribution in [0.5, 0.6) is 17.2 Å². The van der Waals surface area contributed by atoms with Crippen molar-refractivity contribution in [2.75, 3.05) is 13.9 Å². The highest BCUT2D eigenvalue weighted by molar-refractivity contribution is 5.88. The zero-order valence-electron chi connectivity index (χ0n) is 14.2. The molecule has 0 aliphatic heterocycles. The van der Waals surface area contributed by atoms with Gasteiger partial charge in [0.15, 0.2) is 0 Å².